The first-order chi connectivity index (χ1) is 8.82. The van der Waals surface area contributed by atoms with E-state index in [2.05, 4.69) is 36.5 Å². The molecule has 0 aliphatic rings. The van der Waals surface area contributed by atoms with Gasteiger partial charge in [-0.3, -0.25) is 4.79 Å². The smallest absolute Gasteiger partial charge is 0.239 e. The molecule has 0 saturated carbocycles. The third kappa shape index (κ3) is 5.55. The summed E-state index contributed by atoms with van der Waals surface area (Å²) in [5, 5.41) is 5.82. The summed E-state index contributed by atoms with van der Waals surface area (Å²) in [4.78, 5) is 20.3. The van der Waals surface area contributed by atoms with Gasteiger partial charge in [0, 0.05) is 18.0 Å². The lowest BCUT2D eigenvalue weighted by Crippen LogP contribution is -2.30. The van der Waals surface area contributed by atoms with E-state index in [9.17, 15) is 4.79 Å². The van der Waals surface area contributed by atoms with Crippen molar-refractivity contribution in [3.63, 3.8) is 0 Å². The van der Waals surface area contributed by atoms with Crippen LogP contribution in [0.25, 0.3) is 0 Å². The topological polar surface area (TPSA) is 66.9 Å². The van der Waals surface area contributed by atoms with Crippen LogP contribution in [-0.2, 0) is 10.2 Å². The van der Waals surface area contributed by atoms with Gasteiger partial charge in [-0.15, -0.1) is 0 Å². The van der Waals surface area contributed by atoms with E-state index in [-0.39, 0.29) is 17.9 Å². The fourth-order valence-electron chi connectivity index (χ4n) is 1.34. The second-order valence-electron chi connectivity index (χ2n) is 5.35. The summed E-state index contributed by atoms with van der Waals surface area (Å²) in [6.07, 6.45) is 0.930. The number of nitrogens with zero attached hydrogens (tertiary/aromatic N) is 2. The van der Waals surface area contributed by atoms with Crippen molar-refractivity contribution in [2.24, 2.45) is 0 Å². The van der Waals surface area contributed by atoms with Gasteiger partial charge in [0.1, 0.15) is 16.2 Å². The molecule has 1 aromatic heterocycles. The van der Waals surface area contributed by atoms with Crippen LogP contribution in [0.4, 0.5) is 5.82 Å². The number of rotatable bonds is 5. The molecule has 5 nitrogen and oxygen atoms in total. The number of aromatic nitrogens is 2. The van der Waals surface area contributed by atoms with Crippen LogP contribution < -0.4 is 10.6 Å². The predicted octanol–water partition coefficient (Wildman–Crippen LogP) is 2.47. The maximum absolute atomic E-state index is 11.5. The van der Waals surface area contributed by atoms with E-state index in [0.29, 0.717) is 17.0 Å². The number of carbonyl (C=O) groups is 1. The minimum Gasteiger partial charge on any atom is -0.361 e. The standard InChI is InChI=1S/C13H21BrN4O/c1-5-6-15-11(19)8-16-10-7-9(14)17-12(18-10)13(2,3)4/h7H,5-6,8H2,1-4H3,(H,15,19)(H,16,17,18). The molecular formula is C13H21BrN4O. The zero-order valence-corrected chi connectivity index (χ0v) is 13.5. The number of amides is 1. The summed E-state index contributed by atoms with van der Waals surface area (Å²) < 4.78 is 0.712. The highest BCUT2D eigenvalue weighted by molar-refractivity contribution is 9.10. The highest BCUT2D eigenvalue weighted by atomic mass is 79.9. The predicted molar refractivity (Wildman–Crippen MR) is 80.2 cm³/mol. The van der Waals surface area contributed by atoms with Crippen LogP contribution in [0, 0.1) is 0 Å². The zero-order valence-electron chi connectivity index (χ0n) is 11.9. The molecule has 0 aliphatic heterocycles. The van der Waals surface area contributed by atoms with Crippen molar-refractivity contribution in [2.75, 3.05) is 18.4 Å². The average Bonchev–Trinajstić information content (AvgIpc) is 2.32. The average molecular weight is 329 g/mol. The number of anilines is 1. The molecule has 0 aromatic carbocycles. The summed E-state index contributed by atoms with van der Waals surface area (Å²) in [7, 11) is 0. The molecule has 0 radical (unpaired) electrons. The molecule has 6 heteroatoms. The SMILES string of the molecule is CCCNC(=O)CNc1cc(Br)nc(C(C)(C)C)n1. The molecular weight excluding hydrogens is 308 g/mol. The number of halogens is 1. The van der Waals surface area contributed by atoms with Crippen molar-refractivity contribution >= 4 is 27.7 Å². The van der Waals surface area contributed by atoms with Gasteiger partial charge in [0.2, 0.25) is 5.91 Å². The number of nitrogens with one attached hydrogen (secondary N) is 2. The molecule has 1 heterocycles. The van der Waals surface area contributed by atoms with Crippen LogP contribution in [0.5, 0.6) is 0 Å². The zero-order chi connectivity index (χ0) is 14.5. The van der Waals surface area contributed by atoms with Gasteiger partial charge in [-0.05, 0) is 22.4 Å². The monoisotopic (exact) mass is 328 g/mol. The van der Waals surface area contributed by atoms with E-state index in [1.54, 1.807) is 6.07 Å². The third-order valence-corrected chi connectivity index (χ3v) is 2.77. The van der Waals surface area contributed by atoms with Crippen LogP contribution in [0.2, 0.25) is 0 Å². The fourth-order valence-corrected chi connectivity index (χ4v) is 1.73. The highest BCUT2D eigenvalue weighted by Gasteiger charge is 2.18. The van der Waals surface area contributed by atoms with Crippen molar-refractivity contribution < 1.29 is 4.79 Å². The van der Waals surface area contributed by atoms with E-state index < -0.39 is 0 Å². The Bertz CT molecular complexity index is 443. The van der Waals surface area contributed by atoms with E-state index in [0.717, 1.165) is 12.2 Å². The minimum atomic E-state index is -0.134. The molecule has 1 amide bonds. The Morgan fingerprint density at radius 3 is 2.63 bits per heavy atom. The van der Waals surface area contributed by atoms with E-state index >= 15 is 0 Å². The Morgan fingerprint density at radius 1 is 1.37 bits per heavy atom. The molecule has 0 bridgehead atoms. The van der Waals surface area contributed by atoms with Gasteiger partial charge in [-0.2, -0.15) is 0 Å². The molecule has 2 N–H and O–H groups in total. The Kier molecular flexibility index (Phi) is 5.72. The van der Waals surface area contributed by atoms with Crippen LogP contribution in [-0.4, -0.2) is 29.0 Å². The summed E-state index contributed by atoms with van der Waals surface area (Å²) in [6, 6.07) is 1.77. The Hall–Kier alpha value is -1.17. The van der Waals surface area contributed by atoms with Crippen molar-refractivity contribution in [3.05, 3.63) is 16.5 Å². The van der Waals surface area contributed by atoms with Gasteiger partial charge in [0.15, 0.2) is 0 Å². The lowest BCUT2D eigenvalue weighted by molar-refractivity contribution is -0.119. The van der Waals surface area contributed by atoms with E-state index in [1.807, 2.05) is 27.7 Å². The molecule has 1 aromatic rings. The molecule has 0 spiro atoms. The van der Waals surface area contributed by atoms with Crippen LogP contribution in [0.1, 0.15) is 39.9 Å². The largest absolute Gasteiger partial charge is 0.361 e. The maximum atomic E-state index is 11.5. The molecule has 0 unspecified atom stereocenters. The highest BCUT2D eigenvalue weighted by Crippen LogP contribution is 2.22. The Balaban J connectivity index is 2.69. The van der Waals surface area contributed by atoms with E-state index in [1.165, 1.54) is 0 Å². The van der Waals surface area contributed by atoms with Gasteiger partial charge < -0.3 is 10.6 Å². The first-order valence-corrected chi connectivity index (χ1v) is 7.18. The molecule has 0 atom stereocenters. The molecule has 1 rings (SSSR count). The number of hydrogen-bond acceptors (Lipinski definition) is 4. The quantitative estimate of drug-likeness (QED) is 0.815. The summed E-state index contributed by atoms with van der Waals surface area (Å²) in [6.45, 7) is 9.07. The summed E-state index contributed by atoms with van der Waals surface area (Å²) in [5.74, 6) is 1.35. The maximum Gasteiger partial charge on any atom is 0.239 e. The van der Waals surface area contributed by atoms with Gasteiger partial charge in [0.05, 0.1) is 6.54 Å². The molecule has 19 heavy (non-hydrogen) atoms. The molecule has 0 aliphatic carbocycles. The van der Waals surface area contributed by atoms with Gasteiger partial charge in [0.25, 0.3) is 0 Å². The Morgan fingerprint density at radius 2 is 2.05 bits per heavy atom. The molecule has 106 valence electrons. The van der Waals surface area contributed by atoms with Crippen LogP contribution in [0.15, 0.2) is 10.7 Å². The summed E-state index contributed by atoms with van der Waals surface area (Å²) >= 11 is 3.36. The van der Waals surface area contributed by atoms with Gasteiger partial charge >= 0.3 is 0 Å². The second kappa shape index (κ2) is 6.84. The van der Waals surface area contributed by atoms with E-state index in [4.69, 9.17) is 0 Å². The Labute approximate surface area is 122 Å². The van der Waals surface area contributed by atoms with Crippen molar-refractivity contribution in [1.29, 1.82) is 0 Å². The van der Waals surface area contributed by atoms with Crippen LogP contribution >= 0.6 is 15.9 Å². The lowest BCUT2D eigenvalue weighted by atomic mass is 9.96. The van der Waals surface area contributed by atoms with Crippen LogP contribution in [0.3, 0.4) is 0 Å². The fraction of sp³-hybridized carbons (Fsp3) is 0.615. The molecule has 0 saturated heterocycles. The lowest BCUT2D eigenvalue weighted by Gasteiger charge is -2.17. The minimum absolute atomic E-state index is 0.0334. The third-order valence-electron chi connectivity index (χ3n) is 2.37. The van der Waals surface area contributed by atoms with Gasteiger partial charge in [-0.1, -0.05) is 27.7 Å². The molecule has 0 fully saturated rings. The van der Waals surface area contributed by atoms with Crippen molar-refractivity contribution in [2.45, 2.75) is 39.5 Å². The normalized spacial score (nSPS) is 11.2. The summed E-state index contributed by atoms with van der Waals surface area (Å²) in [5.41, 5.74) is -0.134. The van der Waals surface area contributed by atoms with Gasteiger partial charge in [-0.25, -0.2) is 9.97 Å². The number of hydrogen-bond donors (Lipinski definition) is 2. The van der Waals surface area contributed by atoms with Crippen molar-refractivity contribution in [3.8, 4) is 0 Å². The van der Waals surface area contributed by atoms with Crippen molar-refractivity contribution in [1.82, 2.24) is 15.3 Å². The number of carbonyl (C=O) groups excluding carboxylic acids is 1. The first kappa shape index (κ1) is 15.9. The second-order valence-corrected chi connectivity index (χ2v) is 6.17. The first-order valence-electron chi connectivity index (χ1n) is 6.38.